The molecule has 3 heterocycles. The number of fused-ring (bicyclic) bond motifs is 2. The minimum Gasteiger partial charge on any atom is -0.381 e. The molecule has 0 spiro atoms. The van der Waals surface area contributed by atoms with Gasteiger partial charge in [-0.15, -0.1) is 0 Å². The lowest BCUT2D eigenvalue weighted by molar-refractivity contribution is 0.224. The van der Waals surface area contributed by atoms with E-state index in [2.05, 4.69) is 80.3 Å². The van der Waals surface area contributed by atoms with E-state index in [-0.39, 0.29) is 6.71 Å². The number of hydrogen-bond donors (Lipinski definition) is 2. The van der Waals surface area contributed by atoms with Gasteiger partial charge >= 0.3 is 0 Å². The predicted molar refractivity (Wildman–Crippen MR) is 146 cm³/mol. The second kappa shape index (κ2) is 10.4. The minimum atomic E-state index is 0.221. The van der Waals surface area contributed by atoms with Crippen LogP contribution in [-0.2, 0) is 13.0 Å². The van der Waals surface area contributed by atoms with Crippen molar-refractivity contribution in [2.75, 3.05) is 30.3 Å². The molecule has 0 bridgehead atoms. The predicted octanol–water partition coefficient (Wildman–Crippen LogP) is 4.91. The SMILES string of the molecule is CC(CNc1nn(P)c2c(NC3CCB(C#N)CC3)cccc12)CN1CCc2ccccc2C1. The van der Waals surface area contributed by atoms with Gasteiger partial charge in [0.15, 0.2) is 5.82 Å². The van der Waals surface area contributed by atoms with Crippen LogP contribution in [0.2, 0.25) is 12.6 Å². The summed E-state index contributed by atoms with van der Waals surface area (Å²) >= 11 is 0. The molecule has 1 saturated heterocycles. The second-order valence-corrected chi connectivity index (χ2v) is 10.5. The first kappa shape index (κ1) is 23.2. The fourth-order valence-corrected chi connectivity index (χ4v) is 5.91. The molecule has 8 heteroatoms. The summed E-state index contributed by atoms with van der Waals surface area (Å²) in [6.45, 7) is 6.70. The summed E-state index contributed by atoms with van der Waals surface area (Å²) in [5.74, 6) is 3.89. The van der Waals surface area contributed by atoms with Gasteiger partial charge in [-0.3, -0.25) is 4.90 Å². The molecule has 0 aliphatic carbocycles. The number of aromatic nitrogens is 2. The molecule has 0 saturated carbocycles. The highest BCUT2D eigenvalue weighted by Crippen LogP contribution is 2.33. The zero-order chi connectivity index (χ0) is 23.5. The van der Waals surface area contributed by atoms with Gasteiger partial charge in [0.1, 0.15) is 0 Å². The van der Waals surface area contributed by atoms with E-state index in [9.17, 15) is 5.26 Å². The van der Waals surface area contributed by atoms with Crippen LogP contribution in [0, 0.1) is 17.1 Å². The molecule has 2 N–H and O–H groups in total. The van der Waals surface area contributed by atoms with Crippen LogP contribution in [0.4, 0.5) is 11.5 Å². The van der Waals surface area contributed by atoms with E-state index in [0.717, 1.165) is 80.5 Å². The first-order chi connectivity index (χ1) is 16.6. The van der Waals surface area contributed by atoms with Gasteiger partial charge < -0.3 is 10.6 Å². The maximum Gasteiger partial charge on any atom is 0.268 e. The van der Waals surface area contributed by atoms with Crippen molar-refractivity contribution in [3.05, 3.63) is 53.6 Å². The van der Waals surface area contributed by atoms with Gasteiger partial charge in [0.25, 0.3) is 6.71 Å². The molecule has 2 aliphatic heterocycles. The van der Waals surface area contributed by atoms with E-state index in [1.54, 1.807) is 0 Å². The Morgan fingerprint density at radius 1 is 1.18 bits per heavy atom. The molecule has 1 fully saturated rings. The van der Waals surface area contributed by atoms with Crippen molar-refractivity contribution >= 4 is 38.5 Å². The monoisotopic (exact) mass is 472 g/mol. The van der Waals surface area contributed by atoms with Gasteiger partial charge in [-0.25, -0.2) is 9.71 Å². The third-order valence-electron chi connectivity index (χ3n) is 7.39. The van der Waals surface area contributed by atoms with Crippen LogP contribution in [-0.4, -0.2) is 46.8 Å². The first-order valence-electron chi connectivity index (χ1n) is 12.6. The van der Waals surface area contributed by atoms with E-state index >= 15 is 0 Å². The van der Waals surface area contributed by atoms with Crippen LogP contribution >= 0.6 is 9.39 Å². The molecule has 0 radical (unpaired) electrons. The Morgan fingerprint density at radius 3 is 2.76 bits per heavy atom. The Labute approximate surface area is 205 Å². The number of anilines is 2. The van der Waals surface area contributed by atoms with Crippen LogP contribution in [0.1, 0.15) is 30.9 Å². The maximum absolute atomic E-state index is 9.17. The van der Waals surface area contributed by atoms with Crippen molar-refractivity contribution < 1.29 is 0 Å². The minimum absolute atomic E-state index is 0.221. The Hall–Kier alpha value is -2.55. The molecule has 6 nitrogen and oxygen atoms in total. The van der Waals surface area contributed by atoms with Crippen molar-refractivity contribution in [3.8, 4) is 5.97 Å². The van der Waals surface area contributed by atoms with Gasteiger partial charge in [-0.2, -0.15) is 5.10 Å². The van der Waals surface area contributed by atoms with Gasteiger partial charge in [0.05, 0.1) is 11.2 Å². The highest BCUT2D eigenvalue weighted by molar-refractivity contribution is 7.14. The van der Waals surface area contributed by atoms with Crippen molar-refractivity contribution in [1.82, 2.24) is 14.5 Å². The third-order valence-corrected chi connectivity index (χ3v) is 7.77. The quantitative estimate of drug-likeness (QED) is 0.378. The second-order valence-electron chi connectivity index (χ2n) is 10.1. The van der Waals surface area contributed by atoms with Crippen molar-refractivity contribution in [2.45, 2.75) is 51.4 Å². The van der Waals surface area contributed by atoms with Gasteiger partial charge in [-0.1, -0.05) is 49.9 Å². The Kier molecular flexibility index (Phi) is 7.08. The van der Waals surface area contributed by atoms with Crippen molar-refractivity contribution in [2.24, 2.45) is 5.92 Å². The van der Waals surface area contributed by atoms with Crippen LogP contribution in [0.15, 0.2) is 42.5 Å². The number of nitriles is 1. The molecular formula is C26H34BN6P. The maximum atomic E-state index is 9.17. The Bertz CT molecular complexity index is 1180. The number of rotatable bonds is 7. The summed E-state index contributed by atoms with van der Waals surface area (Å²) in [5, 5.41) is 22.5. The lowest BCUT2D eigenvalue weighted by Crippen LogP contribution is -2.35. The van der Waals surface area contributed by atoms with E-state index < -0.39 is 0 Å². The Morgan fingerprint density at radius 2 is 1.97 bits per heavy atom. The summed E-state index contributed by atoms with van der Waals surface area (Å²) in [7, 11) is 2.74. The molecule has 0 amide bonds. The fourth-order valence-electron chi connectivity index (χ4n) is 5.51. The molecule has 5 rings (SSSR count). The van der Waals surface area contributed by atoms with E-state index in [1.165, 1.54) is 11.1 Å². The van der Waals surface area contributed by atoms with Crippen LogP contribution in [0.3, 0.4) is 0 Å². The summed E-state index contributed by atoms with van der Waals surface area (Å²) in [6.07, 6.45) is 5.20. The molecule has 34 heavy (non-hydrogen) atoms. The fraction of sp³-hybridized carbons (Fsp3) is 0.462. The lowest BCUT2D eigenvalue weighted by Gasteiger charge is -2.30. The topological polar surface area (TPSA) is 68.9 Å². The molecule has 176 valence electrons. The van der Waals surface area contributed by atoms with E-state index in [4.69, 9.17) is 5.10 Å². The van der Waals surface area contributed by atoms with Crippen LogP contribution in [0.5, 0.6) is 0 Å². The number of nitrogens with zero attached hydrogens (tertiary/aromatic N) is 4. The van der Waals surface area contributed by atoms with Gasteiger partial charge in [-0.05, 0) is 57.8 Å². The van der Waals surface area contributed by atoms with Crippen molar-refractivity contribution in [1.29, 1.82) is 5.26 Å². The molecule has 2 atom stereocenters. The molecule has 2 aromatic carbocycles. The van der Waals surface area contributed by atoms with Crippen molar-refractivity contribution in [3.63, 3.8) is 0 Å². The van der Waals surface area contributed by atoms with Gasteiger partial charge in [0, 0.05) is 43.6 Å². The normalized spacial score (nSPS) is 17.9. The summed E-state index contributed by atoms with van der Waals surface area (Å²) in [5.41, 5.74) is 5.21. The first-order valence-corrected chi connectivity index (χ1v) is 13.1. The number of hydrogen-bond acceptors (Lipinski definition) is 5. The third kappa shape index (κ3) is 5.09. The van der Waals surface area contributed by atoms with Crippen LogP contribution < -0.4 is 10.6 Å². The number of para-hydroxylation sites is 1. The molecular weight excluding hydrogens is 438 g/mol. The highest BCUT2D eigenvalue weighted by Gasteiger charge is 2.25. The highest BCUT2D eigenvalue weighted by atomic mass is 31.0. The zero-order valence-corrected chi connectivity index (χ0v) is 21.2. The molecule has 1 aromatic heterocycles. The standard InChI is InChI=1S/C26H34BN6P/c1-19(16-32-14-11-20-5-2-3-6-21(20)17-32)15-29-26-23-7-4-8-24(25(23)33(34)31-26)30-22-9-12-27(18-28)13-10-22/h2-8,19,22,30H,9-17,34H2,1H3,(H,29,31). The number of nitrogens with one attached hydrogen (secondary N) is 2. The smallest absolute Gasteiger partial charge is 0.268 e. The summed E-state index contributed by atoms with van der Waals surface area (Å²) in [6, 6.07) is 15.6. The summed E-state index contributed by atoms with van der Waals surface area (Å²) in [4.78, 5) is 2.57. The molecule has 3 aromatic rings. The summed E-state index contributed by atoms with van der Waals surface area (Å²) < 4.78 is 1.91. The average molecular weight is 472 g/mol. The van der Waals surface area contributed by atoms with Crippen LogP contribution in [0.25, 0.3) is 10.9 Å². The Balaban J connectivity index is 1.21. The largest absolute Gasteiger partial charge is 0.381 e. The molecule has 2 unspecified atom stereocenters. The van der Waals surface area contributed by atoms with E-state index in [1.807, 2.05) is 4.45 Å². The zero-order valence-electron chi connectivity index (χ0n) is 20.0. The number of benzene rings is 2. The average Bonchev–Trinajstić information content (AvgIpc) is 3.19. The van der Waals surface area contributed by atoms with Gasteiger partial charge in [0.2, 0.25) is 0 Å². The lowest BCUT2D eigenvalue weighted by atomic mass is 9.42. The van der Waals surface area contributed by atoms with E-state index in [0.29, 0.717) is 12.0 Å². The molecule has 2 aliphatic rings.